The first-order chi connectivity index (χ1) is 8.58. The second-order valence-corrected chi connectivity index (χ2v) is 6.00. The highest BCUT2D eigenvalue weighted by Crippen LogP contribution is 2.11. The SMILES string of the molecule is CCCS(=O)C(C)C(=O)Nc1cccc(CN)c1. The third-order valence-corrected chi connectivity index (χ3v) is 4.41. The lowest BCUT2D eigenvalue weighted by Crippen LogP contribution is -2.30. The van der Waals surface area contributed by atoms with Crippen LogP contribution in [0.25, 0.3) is 0 Å². The topological polar surface area (TPSA) is 72.2 Å². The molecule has 2 atom stereocenters. The summed E-state index contributed by atoms with van der Waals surface area (Å²) in [5.74, 6) is 0.341. The van der Waals surface area contributed by atoms with Crippen LogP contribution in [0, 0.1) is 0 Å². The minimum atomic E-state index is -1.11. The molecule has 1 aromatic rings. The van der Waals surface area contributed by atoms with Crippen molar-refractivity contribution in [1.82, 2.24) is 0 Å². The van der Waals surface area contributed by atoms with Crippen LogP contribution in [0.15, 0.2) is 24.3 Å². The first-order valence-corrected chi connectivity index (χ1v) is 7.43. The van der Waals surface area contributed by atoms with Crippen molar-refractivity contribution < 1.29 is 9.00 Å². The van der Waals surface area contributed by atoms with Crippen molar-refractivity contribution in [2.75, 3.05) is 11.1 Å². The third kappa shape index (κ3) is 4.23. The van der Waals surface area contributed by atoms with Gasteiger partial charge in [-0.2, -0.15) is 0 Å². The van der Waals surface area contributed by atoms with E-state index in [-0.39, 0.29) is 5.91 Å². The molecule has 1 rings (SSSR count). The van der Waals surface area contributed by atoms with Crippen LogP contribution in [0.2, 0.25) is 0 Å². The van der Waals surface area contributed by atoms with Gasteiger partial charge in [0.25, 0.3) is 0 Å². The monoisotopic (exact) mass is 268 g/mol. The van der Waals surface area contributed by atoms with Gasteiger partial charge in [0, 0.05) is 28.8 Å². The second kappa shape index (κ2) is 7.28. The smallest absolute Gasteiger partial charge is 0.239 e. The van der Waals surface area contributed by atoms with Gasteiger partial charge in [-0.3, -0.25) is 9.00 Å². The van der Waals surface area contributed by atoms with Crippen molar-refractivity contribution in [2.24, 2.45) is 5.73 Å². The van der Waals surface area contributed by atoms with Gasteiger partial charge in [-0.05, 0) is 31.0 Å². The van der Waals surface area contributed by atoms with E-state index in [0.29, 0.717) is 18.0 Å². The highest BCUT2D eigenvalue weighted by atomic mass is 32.2. The van der Waals surface area contributed by atoms with Crippen LogP contribution in [-0.4, -0.2) is 21.1 Å². The van der Waals surface area contributed by atoms with Gasteiger partial charge in [0.2, 0.25) is 5.91 Å². The molecule has 0 saturated heterocycles. The van der Waals surface area contributed by atoms with E-state index in [4.69, 9.17) is 5.73 Å². The van der Waals surface area contributed by atoms with E-state index in [1.165, 1.54) is 0 Å². The number of carbonyl (C=O) groups excluding carboxylic acids is 1. The third-order valence-electron chi connectivity index (χ3n) is 2.60. The van der Waals surface area contributed by atoms with Gasteiger partial charge < -0.3 is 11.1 Å². The zero-order chi connectivity index (χ0) is 13.5. The van der Waals surface area contributed by atoms with Crippen LogP contribution >= 0.6 is 0 Å². The molecule has 0 heterocycles. The van der Waals surface area contributed by atoms with Gasteiger partial charge in [-0.1, -0.05) is 19.1 Å². The molecule has 0 aromatic heterocycles. The normalized spacial score (nSPS) is 13.9. The second-order valence-electron chi connectivity index (χ2n) is 4.12. The molecule has 0 saturated carbocycles. The molecule has 1 aromatic carbocycles. The minimum Gasteiger partial charge on any atom is -0.326 e. The number of amides is 1. The number of hydrogen-bond acceptors (Lipinski definition) is 3. The predicted octanol–water partition coefficient (Wildman–Crippen LogP) is 1.63. The molecule has 0 radical (unpaired) electrons. The summed E-state index contributed by atoms with van der Waals surface area (Å²) in [5, 5.41) is 2.27. The fraction of sp³-hybridized carbons (Fsp3) is 0.462. The van der Waals surface area contributed by atoms with E-state index in [0.717, 1.165) is 12.0 Å². The van der Waals surface area contributed by atoms with E-state index >= 15 is 0 Å². The number of anilines is 1. The summed E-state index contributed by atoms with van der Waals surface area (Å²) in [4.78, 5) is 11.9. The number of rotatable bonds is 6. The standard InChI is InChI=1S/C13H20N2O2S/c1-3-7-18(17)10(2)13(16)15-12-6-4-5-11(8-12)9-14/h4-6,8,10H,3,7,9,14H2,1-2H3,(H,15,16). The average molecular weight is 268 g/mol. The lowest BCUT2D eigenvalue weighted by atomic mass is 10.2. The van der Waals surface area contributed by atoms with Crippen molar-refractivity contribution >= 4 is 22.4 Å². The zero-order valence-corrected chi connectivity index (χ0v) is 11.6. The van der Waals surface area contributed by atoms with E-state index in [1.807, 2.05) is 25.1 Å². The maximum Gasteiger partial charge on any atom is 0.239 e. The Bertz CT molecular complexity index is 435. The molecule has 2 unspecified atom stereocenters. The van der Waals surface area contributed by atoms with E-state index in [2.05, 4.69) is 5.32 Å². The van der Waals surface area contributed by atoms with Gasteiger partial charge in [0.1, 0.15) is 5.25 Å². The lowest BCUT2D eigenvalue weighted by Gasteiger charge is -2.12. The Hall–Kier alpha value is -1.20. The van der Waals surface area contributed by atoms with Crippen LogP contribution in [0.1, 0.15) is 25.8 Å². The Morgan fingerprint density at radius 2 is 2.22 bits per heavy atom. The molecule has 0 aliphatic carbocycles. The fourth-order valence-corrected chi connectivity index (χ4v) is 2.57. The quantitative estimate of drug-likeness (QED) is 0.823. The van der Waals surface area contributed by atoms with Crippen molar-refractivity contribution in [3.05, 3.63) is 29.8 Å². The molecule has 0 spiro atoms. The maximum absolute atomic E-state index is 11.9. The largest absolute Gasteiger partial charge is 0.326 e. The number of nitrogens with two attached hydrogens (primary N) is 1. The number of nitrogens with one attached hydrogen (secondary N) is 1. The predicted molar refractivity (Wildman–Crippen MR) is 75.7 cm³/mol. The van der Waals surface area contributed by atoms with Crippen LogP contribution < -0.4 is 11.1 Å². The van der Waals surface area contributed by atoms with Crippen molar-refractivity contribution in [1.29, 1.82) is 0 Å². The molecule has 18 heavy (non-hydrogen) atoms. The Kier molecular flexibility index (Phi) is 6.01. The Balaban J connectivity index is 2.66. The Labute approximate surface area is 110 Å². The lowest BCUT2D eigenvalue weighted by molar-refractivity contribution is -0.115. The molecule has 5 heteroatoms. The van der Waals surface area contributed by atoms with Gasteiger partial charge >= 0.3 is 0 Å². The number of carbonyl (C=O) groups is 1. The molecule has 0 aliphatic rings. The van der Waals surface area contributed by atoms with Crippen LogP contribution in [-0.2, 0) is 22.1 Å². The molecule has 4 nitrogen and oxygen atoms in total. The summed E-state index contributed by atoms with van der Waals surface area (Å²) in [5.41, 5.74) is 7.19. The molecular formula is C13H20N2O2S. The van der Waals surface area contributed by atoms with Crippen LogP contribution in [0.4, 0.5) is 5.69 Å². The van der Waals surface area contributed by atoms with Gasteiger partial charge in [0.15, 0.2) is 0 Å². The van der Waals surface area contributed by atoms with Crippen LogP contribution in [0.3, 0.4) is 0 Å². The summed E-state index contributed by atoms with van der Waals surface area (Å²) in [6, 6.07) is 7.36. The fourth-order valence-electron chi connectivity index (χ4n) is 1.52. The minimum absolute atomic E-state index is 0.212. The van der Waals surface area contributed by atoms with E-state index in [1.54, 1.807) is 13.0 Å². The molecule has 1 amide bonds. The van der Waals surface area contributed by atoms with Gasteiger partial charge in [-0.15, -0.1) is 0 Å². The molecule has 0 bridgehead atoms. The van der Waals surface area contributed by atoms with Crippen LogP contribution in [0.5, 0.6) is 0 Å². The highest BCUT2D eigenvalue weighted by Gasteiger charge is 2.19. The highest BCUT2D eigenvalue weighted by molar-refractivity contribution is 7.86. The van der Waals surface area contributed by atoms with E-state index < -0.39 is 16.0 Å². The molecular weight excluding hydrogens is 248 g/mol. The summed E-state index contributed by atoms with van der Waals surface area (Å²) in [6.07, 6.45) is 0.812. The number of hydrogen-bond donors (Lipinski definition) is 2. The Morgan fingerprint density at radius 3 is 2.83 bits per heavy atom. The maximum atomic E-state index is 11.9. The van der Waals surface area contributed by atoms with Crippen molar-refractivity contribution in [3.63, 3.8) is 0 Å². The van der Waals surface area contributed by atoms with Crippen molar-refractivity contribution in [3.8, 4) is 0 Å². The first-order valence-electron chi connectivity index (χ1n) is 6.05. The Morgan fingerprint density at radius 1 is 1.50 bits per heavy atom. The molecule has 3 N–H and O–H groups in total. The zero-order valence-electron chi connectivity index (χ0n) is 10.8. The summed E-state index contributed by atoms with van der Waals surface area (Å²) < 4.78 is 11.7. The summed E-state index contributed by atoms with van der Waals surface area (Å²) in [6.45, 7) is 4.07. The van der Waals surface area contributed by atoms with Crippen molar-refractivity contribution in [2.45, 2.75) is 32.1 Å². The molecule has 0 fully saturated rings. The van der Waals surface area contributed by atoms with Gasteiger partial charge in [0.05, 0.1) is 0 Å². The summed E-state index contributed by atoms with van der Waals surface area (Å²) >= 11 is 0. The first kappa shape index (κ1) is 14.9. The van der Waals surface area contributed by atoms with E-state index in [9.17, 15) is 9.00 Å². The van der Waals surface area contributed by atoms with Gasteiger partial charge in [-0.25, -0.2) is 0 Å². The average Bonchev–Trinajstić information content (AvgIpc) is 2.38. The summed E-state index contributed by atoms with van der Waals surface area (Å²) in [7, 11) is -1.11. The molecule has 0 aliphatic heterocycles. The number of benzene rings is 1. The molecule has 100 valence electrons.